The molecule has 1 aliphatic heterocycles. The standard InChI is InChI=1S/C30H21ClFNO3/c1-36-30(35)22-10-5-7-19(17-22)18-33-25-12-6-11-24(32)27(25)28(29(33)34)26(20-8-3-2-4-9-20)21-13-15-23(31)16-14-21/h2-17H,18H2,1H3/b28-26+. The SMILES string of the molecule is COC(=O)c1cccc(CN2C(=O)/C(=C(\c3ccccc3)c3ccc(Cl)cc3)c3c(F)cccc32)c1. The fourth-order valence-corrected chi connectivity index (χ4v) is 4.63. The van der Waals surface area contributed by atoms with Crippen LogP contribution in [-0.4, -0.2) is 19.0 Å². The molecule has 0 aromatic heterocycles. The summed E-state index contributed by atoms with van der Waals surface area (Å²) in [5, 5.41) is 0.563. The normalized spacial score (nSPS) is 14.0. The van der Waals surface area contributed by atoms with Crippen molar-refractivity contribution in [1.82, 2.24) is 0 Å². The zero-order valence-corrected chi connectivity index (χ0v) is 20.1. The third-order valence-corrected chi connectivity index (χ3v) is 6.38. The second-order valence-electron chi connectivity index (χ2n) is 8.34. The molecule has 4 aromatic carbocycles. The van der Waals surface area contributed by atoms with Gasteiger partial charge in [-0.05, 0) is 53.1 Å². The van der Waals surface area contributed by atoms with Gasteiger partial charge in [0.05, 0.1) is 30.5 Å². The molecule has 0 unspecified atom stereocenters. The monoisotopic (exact) mass is 497 g/mol. The van der Waals surface area contributed by atoms with E-state index >= 15 is 4.39 Å². The Morgan fingerprint density at radius 2 is 1.53 bits per heavy atom. The van der Waals surface area contributed by atoms with Crippen LogP contribution in [0.25, 0.3) is 11.1 Å². The number of amides is 1. The number of nitrogens with zero attached hydrogens (tertiary/aromatic N) is 1. The van der Waals surface area contributed by atoms with Gasteiger partial charge in [0.15, 0.2) is 0 Å². The van der Waals surface area contributed by atoms with E-state index in [1.54, 1.807) is 47.4 Å². The van der Waals surface area contributed by atoms with Crippen molar-refractivity contribution in [1.29, 1.82) is 0 Å². The molecule has 0 saturated heterocycles. The summed E-state index contributed by atoms with van der Waals surface area (Å²) in [6, 6.07) is 28.1. The molecule has 5 rings (SSSR count). The smallest absolute Gasteiger partial charge is 0.337 e. The van der Waals surface area contributed by atoms with Gasteiger partial charge in [0.1, 0.15) is 5.82 Å². The number of hydrogen-bond acceptors (Lipinski definition) is 3. The van der Waals surface area contributed by atoms with E-state index in [9.17, 15) is 9.59 Å². The molecule has 0 saturated carbocycles. The Kier molecular flexibility index (Phi) is 6.40. The predicted molar refractivity (Wildman–Crippen MR) is 139 cm³/mol. The minimum Gasteiger partial charge on any atom is -0.465 e. The zero-order chi connectivity index (χ0) is 25.2. The summed E-state index contributed by atoms with van der Waals surface area (Å²) in [4.78, 5) is 27.6. The van der Waals surface area contributed by atoms with Crippen LogP contribution in [0, 0.1) is 5.82 Å². The Bertz CT molecular complexity index is 1500. The van der Waals surface area contributed by atoms with Gasteiger partial charge in [-0.2, -0.15) is 0 Å². The first-order valence-electron chi connectivity index (χ1n) is 11.3. The van der Waals surface area contributed by atoms with E-state index in [1.807, 2.05) is 48.5 Å². The second-order valence-corrected chi connectivity index (χ2v) is 8.78. The number of carbonyl (C=O) groups excluding carboxylic acids is 2. The van der Waals surface area contributed by atoms with Gasteiger partial charge < -0.3 is 9.64 Å². The van der Waals surface area contributed by atoms with Crippen molar-refractivity contribution in [3.05, 3.63) is 136 Å². The van der Waals surface area contributed by atoms with Crippen LogP contribution in [0.5, 0.6) is 0 Å². The Morgan fingerprint density at radius 1 is 0.861 bits per heavy atom. The molecule has 6 heteroatoms. The molecule has 0 radical (unpaired) electrons. The highest BCUT2D eigenvalue weighted by molar-refractivity contribution is 6.39. The maximum absolute atomic E-state index is 15.4. The molecule has 0 spiro atoms. The van der Waals surface area contributed by atoms with Gasteiger partial charge in [-0.3, -0.25) is 4.79 Å². The van der Waals surface area contributed by atoms with Gasteiger partial charge in [0.25, 0.3) is 5.91 Å². The van der Waals surface area contributed by atoms with Gasteiger partial charge in [0.2, 0.25) is 0 Å². The third-order valence-electron chi connectivity index (χ3n) is 6.13. The molecule has 0 fully saturated rings. The van der Waals surface area contributed by atoms with E-state index in [0.717, 1.165) is 16.7 Å². The van der Waals surface area contributed by atoms with Crippen LogP contribution in [0.2, 0.25) is 5.02 Å². The lowest BCUT2D eigenvalue weighted by Crippen LogP contribution is -2.26. The minimum atomic E-state index is -0.482. The van der Waals surface area contributed by atoms with Gasteiger partial charge >= 0.3 is 5.97 Å². The van der Waals surface area contributed by atoms with Crippen molar-refractivity contribution in [2.75, 3.05) is 12.0 Å². The largest absolute Gasteiger partial charge is 0.465 e. The Labute approximate surface area is 213 Å². The number of esters is 1. The molecule has 0 atom stereocenters. The Balaban J connectivity index is 1.70. The minimum absolute atomic E-state index is 0.159. The van der Waals surface area contributed by atoms with E-state index in [4.69, 9.17) is 16.3 Å². The summed E-state index contributed by atoms with van der Waals surface area (Å²) in [6.07, 6.45) is 0. The van der Waals surface area contributed by atoms with E-state index in [1.165, 1.54) is 13.2 Å². The van der Waals surface area contributed by atoms with Crippen molar-refractivity contribution in [2.24, 2.45) is 0 Å². The van der Waals surface area contributed by atoms with Gasteiger partial charge in [-0.25, -0.2) is 9.18 Å². The van der Waals surface area contributed by atoms with Gasteiger partial charge in [0, 0.05) is 16.2 Å². The van der Waals surface area contributed by atoms with Crippen LogP contribution >= 0.6 is 11.6 Å². The summed E-state index contributed by atoms with van der Waals surface area (Å²) in [5.74, 6) is -1.28. The molecule has 1 amide bonds. The molecule has 4 aromatic rings. The first-order valence-corrected chi connectivity index (χ1v) is 11.7. The number of anilines is 1. The molecular formula is C30H21ClFNO3. The quantitative estimate of drug-likeness (QED) is 0.226. The van der Waals surface area contributed by atoms with E-state index in [2.05, 4.69) is 0 Å². The number of hydrogen-bond donors (Lipinski definition) is 0. The first kappa shape index (κ1) is 23.5. The highest BCUT2D eigenvalue weighted by Crippen LogP contribution is 2.45. The number of rotatable bonds is 5. The van der Waals surface area contributed by atoms with Crippen LogP contribution in [-0.2, 0) is 16.1 Å². The molecule has 0 aliphatic carbocycles. The zero-order valence-electron chi connectivity index (χ0n) is 19.4. The lowest BCUT2D eigenvalue weighted by atomic mass is 9.90. The van der Waals surface area contributed by atoms with Crippen LogP contribution in [0.15, 0.2) is 97.1 Å². The molecule has 36 heavy (non-hydrogen) atoms. The average molecular weight is 498 g/mol. The Morgan fingerprint density at radius 3 is 2.25 bits per heavy atom. The van der Waals surface area contributed by atoms with Crippen LogP contribution in [0.4, 0.5) is 10.1 Å². The van der Waals surface area contributed by atoms with Crippen molar-refractivity contribution in [3.63, 3.8) is 0 Å². The number of halogens is 2. The maximum Gasteiger partial charge on any atom is 0.337 e. The van der Waals surface area contributed by atoms with Crippen LogP contribution in [0.3, 0.4) is 0 Å². The van der Waals surface area contributed by atoms with Crippen molar-refractivity contribution in [3.8, 4) is 0 Å². The fraction of sp³-hybridized carbons (Fsp3) is 0.0667. The molecule has 178 valence electrons. The van der Waals surface area contributed by atoms with Crippen molar-refractivity contribution >= 4 is 40.3 Å². The number of fused-ring (bicyclic) bond motifs is 1. The number of carbonyl (C=O) groups is 2. The molecule has 0 bridgehead atoms. The highest BCUT2D eigenvalue weighted by Gasteiger charge is 2.37. The topological polar surface area (TPSA) is 46.6 Å². The lowest BCUT2D eigenvalue weighted by molar-refractivity contribution is -0.113. The number of benzene rings is 4. The summed E-state index contributed by atoms with van der Waals surface area (Å²) in [5.41, 5.74) is 4.25. The van der Waals surface area contributed by atoms with Crippen LogP contribution in [0.1, 0.15) is 32.6 Å². The van der Waals surface area contributed by atoms with E-state index in [0.29, 0.717) is 21.8 Å². The highest BCUT2D eigenvalue weighted by atomic mass is 35.5. The molecule has 0 N–H and O–H groups in total. The average Bonchev–Trinajstić information content (AvgIpc) is 3.18. The fourth-order valence-electron chi connectivity index (χ4n) is 4.50. The summed E-state index contributed by atoms with van der Waals surface area (Å²) in [7, 11) is 1.32. The van der Waals surface area contributed by atoms with Crippen molar-refractivity contribution < 1.29 is 18.7 Å². The second kappa shape index (κ2) is 9.80. The van der Waals surface area contributed by atoms with E-state index in [-0.39, 0.29) is 23.6 Å². The molecule has 4 nitrogen and oxygen atoms in total. The summed E-state index contributed by atoms with van der Waals surface area (Å²) in [6.45, 7) is 0.159. The molecular weight excluding hydrogens is 477 g/mol. The predicted octanol–water partition coefficient (Wildman–Crippen LogP) is 6.77. The lowest BCUT2D eigenvalue weighted by Gasteiger charge is -2.18. The number of methoxy groups -OCH3 is 1. The number of ether oxygens (including phenoxy) is 1. The van der Waals surface area contributed by atoms with Gasteiger partial charge in [-0.15, -0.1) is 0 Å². The molecule has 1 heterocycles. The third kappa shape index (κ3) is 4.30. The molecule has 1 aliphatic rings. The van der Waals surface area contributed by atoms with Crippen molar-refractivity contribution in [2.45, 2.75) is 6.54 Å². The van der Waals surface area contributed by atoms with Gasteiger partial charge in [-0.1, -0.05) is 72.3 Å². The maximum atomic E-state index is 15.4. The Hall–Kier alpha value is -4.22. The van der Waals surface area contributed by atoms with E-state index < -0.39 is 11.8 Å². The summed E-state index contributed by atoms with van der Waals surface area (Å²) < 4.78 is 20.2. The van der Waals surface area contributed by atoms with Crippen LogP contribution < -0.4 is 4.90 Å². The summed E-state index contributed by atoms with van der Waals surface area (Å²) >= 11 is 6.13. The first-order chi connectivity index (χ1) is 17.5.